The molecule has 0 unspecified atom stereocenters. The first-order valence-corrected chi connectivity index (χ1v) is 10.1. The van der Waals surface area contributed by atoms with Gasteiger partial charge in [-0.3, -0.25) is 0 Å². The zero-order valence-electron chi connectivity index (χ0n) is 15.3. The first-order chi connectivity index (χ1) is 11.7. The number of hydrogen-bond donors (Lipinski definition) is 2. The molecule has 2 nitrogen and oxygen atoms in total. The molecular formula is C22H32N2. The second-order valence-corrected chi connectivity index (χ2v) is 8.19. The summed E-state index contributed by atoms with van der Waals surface area (Å²) in [7, 11) is 0. The quantitative estimate of drug-likeness (QED) is 0.768. The van der Waals surface area contributed by atoms with E-state index in [0.717, 1.165) is 18.5 Å². The van der Waals surface area contributed by atoms with E-state index in [1.165, 1.54) is 73.5 Å². The Bertz CT molecular complexity index is 691. The summed E-state index contributed by atoms with van der Waals surface area (Å²) >= 11 is 0. The summed E-state index contributed by atoms with van der Waals surface area (Å²) in [5, 5.41) is 5.38. The first kappa shape index (κ1) is 16.2. The third-order valence-corrected chi connectivity index (χ3v) is 6.56. The topological polar surface area (TPSA) is 27.8 Å². The summed E-state index contributed by atoms with van der Waals surface area (Å²) in [6, 6.07) is 7.61. The molecule has 4 rings (SSSR count). The minimum absolute atomic E-state index is 0.672. The summed E-state index contributed by atoms with van der Waals surface area (Å²) in [5.74, 6) is 1.66. The number of rotatable bonds is 4. The van der Waals surface area contributed by atoms with Crippen LogP contribution in [0.15, 0.2) is 18.2 Å². The molecule has 1 aromatic heterocycles. The Hall–Kier alpha value is -1.28. The molecule has 2 aromatic rings. The van der Waals surface area contributed by atoms with Crippen LogP contribution in [-0.2, 0) is 6.42 Å². The van der Waals surface area contributed by atoms with Crippen LogP contribution in [0.5, 0.6) is 0 Å². The zero-order chi connectivity index (χ0) is 16.5. The zero-order valence-corrected chi connectivity index (χ0v) is 15.3. The maximum atomic E-state index is 3.91. The van der Waals surface area contributed by atoms with Gasteiger partial charge in [-0.2, -0.15) is 0 Å². The highest BCUT2D eigenvalue weighted by atomic mass is 14.9. The third kappa shape index (κ3) is 3.13. The third-order valence-electron chi connectivity index (χ3n) is 6.56. The van der Waals surface area contributed by atoms with Crippen LogP contribution < -0.4 is 5.32 Å². The standard InChI is InChI=1S/C22H32N2/c1-3-16-8-10-18(11-9-16)23-14-17-5-4-6-19-20-13-15(2)7-12-21(20)24-22(17)19/h7,12-13,16-18,23-24H,3-6,8-11,14H2,1-2H3/t16?,17-,18?/m1/s1. The van der Waals surface area contributed by atoms with E-state index in [1.54, 1.807) is 5.56 Å². The lowest BCUT2D eigenvalue weighted by Crippen LogP contribution is -2.36. The fourth-order valence-corrected chi connectivity index (χ4v) is 4.96. The van der Waals surface area contributed by atoms with Crippen molar-refractivity contribution in [2.24, 2.45) is 5.92 Å². The molecule has 0 amide bonds. The van der Waals surface area contributed by atoms with E-state index in [4.69, 9.17) is 0 Å². The maximum Gasteiger partial charge on any atom is 0.0459 e. The molecule has 2 N–H and O–H groups in total. The number of H-pyrrole nitrogens is 1. The molecule has 0 bridgehead atoms. The lowest BCUT2D eigenvalue weighted by atomic mass is 9.83. The second-order valence-electron chi connectivity index (χ2n) is 8.19. The second kappa shape index (κ2) is 6.92. The Labute approximate surface area is 146 Å². The Morgan fingerprint density at radius 3 is 2.75 bits per heavy atom. The number of benzene rings is 1. The minimum Gasteiger partial charge on any atom is -0.358 e. The lowest BCUT2D eigenvalue weighted by Gasteiger charge is -2.31. The summed E-state index contributed by atoms with van der Waals surface area (Å²) in [6.07, 6.45) is 10.9. The summed E-state index contributed by atoms with van der Waals surface area (Å²) in [4.78, 5) is 3.76. The van der Waals surface area contributed by atoms with Gasteiger partial charge in [-0.25, -0.2) is 0 Å². The molecule has 0 saturated heterocycles. The lowest BCUT2D eigenvalue weighted by molar-refractivity contribution is 0.280. The van der Waals surface area contributed by atoms with E-state index < -0.39 is 0 Å². The van der Waals surface area contributed by atoms with Crippen LogP contribution >= 0.6 is 0 Å². The van der Waals surface area contributed by atoms with Crippen molar-refractivity contribution in [2.45, 2.75) is 77.2 Å². The monoisotopic (exact) mass is 324 g/mol. The van der Waals surface area contributed by atoms with Gasteiger partial charge < -0.3 is 10.3 Å². The van der Waals surface area contributed by atoms with Gasteiger partial charge in [0.05, 0.1) is 0 Å². The Kier molecular flexibility index (Phi) is 4.67. The molecular weight excluding hydrogens is 292 g/mol. The molecule has 0 radical (unpaired) electrons. The Balaban J connectivity index is 1.45. The molecule has 24 heavy (non-hydrogen) atoms. The predicted octanol–water partition coefficient (Wildman–Crippen LogP) is 5.45. The molecule has 1 saturated carbocycles. The van der Waals surface area contributed by atoms with Gasteiger partial charge in [0.15, 0.2) is 0 Å². The summed E-state index contributed by atoms with van der Waals surface area (Å²) < 4.78 is 0. The molecule has 1 heterocycles. The number of aryl methyl sites for hydroxylation is 2. The fraction of sp³-hybridized carbons (Fsp3) is 0.636. The number of hydrogen-bond acceptors (Lipinski definition) is 1. The van der Waals surface area contributed by atoms with Crippen LogP contribution in [0.25, 0.3) is 10.9 Å². The van der Waals surface area contributed by atoms with Crippen molar-refractivity contribution < 1.29 is 0 Å². The molecule has 2 heteroatoms. The van der Waals surface area contributed by atoms with Crippen LogP contribution in [0, 0.1) is 12.8 Å². The highest BCUT2D eigenvalue weighted by Gasteiger charge is 2.26. The first-order valence-electron chi connectivity index (χ1n) is 10.1. The molecule has 1 aromatic carbocycles. The molecule has 1 fully saturated rings. The normalized spacial score (nSPS) is 27.3. The minimum atomic E-state index is 0.672. The molecule has 2 aliphatic rings. The van der Waals surface area contributed by atoms with Crippen LogP contribution in [-0.4, -0.2) is 17.6 Å². The van der Waals surface area contributed by atoms with Gasteiger partial charge in [0, 0.05) is 35.1 Å². The number of fused-ring (bicyclic) bond motifs is 3. The average Bonchev–Trinajstić information content (AvgIpc) is 2.99. The van der Waals surface area contributed by atoms with Gasteiger partial charge in [0.1, 0.15) is 0 Å². The Morgan fingerprint density at radius 2 is 1.96 bits per heavy atom. The average molecular weight is 325 g/mol. The maximum absolute atomic E-state index is 3.91. The SMILES string of the molecule is CCC1CCC(NC[C@H]2CCCc3c2[nH]c2ccc(C)cc32)CC1. The van der Waals surface area contributed by atoms with Gasteiger partial charge >= 0.3 is 0 Å². The van der Waals surface area contributed by atoms with Crippen molar-refractivity contribution in [2.75, 3.05) is 6.54 Å². The van der Waals surface area contributed by atoms with Crippen molar-refractivity contribution in [3.05, 3.63) is 35.0 Å². The highest BCUT2D eigenvalue weighted by Crippen LogP contribution is 2.36. The molecule has 2 aliphatic carbocycles. The number of aromatic nitrogens is 1. The smallest absolute Gasteiger partial charge is 0.0459 e. The van der Waals surface area contributed by atoms with Crippen LogP contribution in [0.2, 0.25) is 0 Å². The van der Waals surface area contributed by atoms with E-state index in [1.807, 2.05) is 0 Å². The van der Waals surface area contributed by atoms with Crippen LogP contribution in [0.3, 0.4) is 0 Å². The number of aromatic amines is 1. The van der Waals surface area contributed by atoms with Gasteiger partial charge in [-0.05, 0) is 75.5 Å². The van der Waals surface area contributed by atoms with Crippen LogP contribution in [0.1, 0.15) is 74.6 Å². The van der Waals surface area contributed by atoms with Crippen molar-refractivity contribution >= 4 is 10.9 Å². The van der Waals surface area contributed by atoms with E-state index >= 15 is 0 Å². The van der Waals surface area contributed by atoms with Gasteiger partial charge in [0.2, 0.25) is 0 Å². The van der Waals surface area contributed by atoms with E-state index in [9.17, 15) is 0 Å². The summed E-state index contributed by atoms with van der Waals surface area (Å²) in [6.45, 7) is 5.70. The molecule has 1 atom stereocenters. The highest BCUT2D eigenvalue weighted by molar-refractivity contribution is 5.85. The van der Waals surface area contributed by atoms with Crippen molar-refractivity contribution in [3.63, 3.8) is 0 Å². The molecule has 0 spiro atoms. The van der Waals surface area contributed by atoms with Gasteiger partial charge in [-0.15, -0.1) is 0 Å². The largest absolute Gasteiger partial charge is 0.358 e. The molecule has 130 valence electrons. The van der Waals surface area contributed by atoms with Gasteiger partial charge in [-0.1, -0.05) is 25.0 Å². The van der Waals surface area contributed by atoms with Gasteiger partial charge in [0.25, 0.3) is 0 Å². The van der Waals surface area contributed by atoms with E-state index in [-0.39, 0.29) is 0 Å². The van der Waals surface area contributed by atoms with E-state index in [0.29, 0.717) is 5.92 Å². The van der Waals surface area contributed by atoms with Crippen LogP contribution in [0.4, 0.5) is 0 Å². The van der Waals surface area contributed by atoms with Crippen molar-refractivity contribution in [1.82, 2.24) is 10.3 Å². The Morgan fingerprint density at radius 1 is 1.12 bits per heavy atom. The fourth-order valence-electron chi connectivity index (χ4n) is 4.96. The number of nitrogens with one attached hydrogen (secondary N) is 2. The van der Waals surface area contributed by atoms with Crippen molar-refractivity contribution in [1.29, 1.82) is 0 Å². The molecule has 0 aliphatic heterocycles. The van der Waals surface area contributed by atoms with E-state index in [2.05, 4.69) is 42.3 Å². The van der Waals surface area contributed by atoms with Crippen molar-refractivity contribution in [3.8, 4) is 0 Å². The summed E-state index contributed by atoms with van der Waals surface area (Å²) in [5.41, 5.74) is 5.83. The predicted molar refractivity (Wildman–Crippen MR) is 103 cm³/mol.